The monoisotopic (exact) mass is 462 g/mol. The van der Waals surface area contributed by atoms with Crippen molar-refractivity contribution in [2.75, 3.05) is 19.5 Å². The lowest BCUT2D eigenvalue weighted by Gasteiger charge is -2.08. The number of carbonyl (C=O) groups is 1. The number of hydrazone groups is 1. The van der Waals surface area contributed by atoms with Gasteiger partial charge in [0.25, 0.3) is 5.91 Å². The first-order valence-corrected chi connectivity index (χ1v) is 10.4. The third-order valence-electron chi connectivity index (χ3n) is 4.68. The Hall–Kier alpha value is -4.74. The number of hydrogen-bond donors (Lipinski definition) is 2. The van der Waals surface area contributed by atoms with E-state index in [-0.39, 0.29) is 17.3 Å². The minimum absolute atomic E-state index is 0.00136. The van der Waals surface area contributed by atoms with Crippen LogP contribution >= 0.6 is 0 Å². The second kappa shape index (κ2) is 10.3. The second-order valence-corrected chi connectivity index (χ2v) is 7.02. The van der Waals surface area contributed by atoms with E-state index in [1.165, 1.54) is 10.9 Å². The molecule has 0 radical (unpaired) electrons. The van der Waals surface area contributed by atoms with Crippen LogP contribution in [0.2, 0.25) is 0 Å². The number of rotatable bonds is 9. The minimum Gasteiger partial charge on any atom is -0.497 e. The van der Waals surface area contributed by atoms with Crippen LogP contribution in [0.4, 0.5) is 5.82 Å². The molecular formula is C22H22N8O4. The van der Waals surface area contributed by atoms with E-state index in [1.54, 1.807) is 55.6 Å². The molecule has 0 aliphatic heterocycles. The highest BCUT2D eigenvalue weighted by atomic mass is 16.6. The van der Waals surface area contributed by atoms with Gasteiger partial charge in [0.05, 0.1) is 19.9 Å². The van der Waals surface area contributed by atoms with Gasteiger partial charge in [0.15, 0.2) is 5.69 Å². The predicted molar refractivity (Wildman–Crippen MR) is 123 cm³/mol. The molecule has 0 spiro atoms. The summed E-state index contributed by atoms with van der Waals surface area (Å²) in [6, 6.07) is 14.3. The largest absolute Gasteiger partial charge is 0.497 e. The summed E-state index contributed by atoms with van der Waals surface area (Å²) in [5, 5.41) is 19.4. The number of aromatic nitrogens is 5. The summed E-state index contributed by atoms with van der Waals surface area (Å²) in [4.78, 5) is 12.9. The highest BCUT2D eigenvalue weighted by molar-refractivity contribution is 5.98. The van der Waals surface area contributed by atoms with Crippen molar-refractivity contribution < 1.29 is 18.9 Å². The van der Waals surface area contributed by atoms with Crippen LogP contribution in [0.5, 0.6) is 11.5 Å². The summed E-state index contributed by atoms with van der Waals surface area (Å²) in [5.74, 6) is 0.943. The lowest BCUT2D eigenvalue weighted by atomic mass is 10.1. The van der Waals surface area contributed by atoms with Crippen molar-refractivity contribution in [3.63, 3.8) is 0 Å². The molecule has 34 heavy (non-hydrogen) atoms. The van der Waals surface area contributed by atoms with E-state index in [9.17, 15) is 4.79 Å². The fraction of sp³-hybridized carbons (Fsp3) is 0.182. The Labute approximate surface area is 194 Å². The van der Waals surface area contributed by atoms with Gasteiger partial charge < -0.3 is 15.2 Å². The Morgan fingerprint density at radius 2 is 1.88 bits per heavy atom. The van der Waals surface area contributed by atoms with E-state index < -0.39 is 5.91 Å². The molecule has 2 aromatic heterocycles. The first-order valence-electron chi connectivity index (χ1n) is 10.4. The Balaban J connectivity index is 1.62. The van der Waals surface area contributed by atoms with Crippen LogP contribution in [0, 0.1) is 0 Å². The van der Waals surface area contributed by atoms with E-state index in [2.05, 4.69) is 35.8 Å². The summed E-state index contributed by atoms with van der Waals surface area (Å²) in [7, 11) is 1.59. The maximum atomic E-state index is 12.9. The molecule has 1 amide bonds. The lowest BCUT2D eigenvalue weighted by molar-refractivity contribution is 0.0950. The number of carbonyl (C=O) groups excluding carboxylic acids is 1. The van der Waals surface area contributed by atoms with Crippen molar-refractivity contribution in [2.24, 2.45) is 5.10 Å². The van der Waals surface area contributed by atoms with E-state index in [1.807, 2.05) is 6.92 Å². The molecule has 0 atom stereocenters. The molecule has 0 fully saturated rings. The maximum absolute atomic E-state index is 12.9. The fourth-order valence-electron chi connectivity index (χ4n) is 3.02. The van der Waals surface area contributed by atoms with Crippen molar-refractivity contribution in [1.82, 2.24) is 30.7 Å². The zero-order valence-corrected chi connectivity index (χ0v) is 18.5. The van der Waals surface area contributed by atoms with Crippen LogP contribution in [-0.2, 0) is 0 Å². The van der Waals surface area contributed by atoms with E-state index in [4.69, 9.17) is 15.2 Å². The number of nitrogens with one attached hydrogen (secondary N) is 1. The van der Waals surface area contributed by atoms with Gasteiger partial charge in [-0.2, -0.15) is 9.78 Å². The van der Waals surface area contributed by atoms with Gasteiger partial charge in [0.1, 0.15) is 17.2 Å². The Morgan fingerprint density at radius 1 is 1.15 bits per heavy atom. The second-order valence-electron chi connectivity index (χ2n) is 7.02. The average Bonchev–Trinajstić information content (AvgIpc) is 3.49. The number of benzene rings is 2. The standard InChI is InChI=1S/C22H22N8O4/c1-3-12-33-17-10-6-15(7-11-17)19-18(25-29-30(19)21-20(23)27-34-28-21)22(31)26-24-13-14-4-8-16(32-2)9-5-14/h4-11,13H,3,12H2,1-2H3,(H2,23,27)(H,26,31). The summed E-state index contributed by atoms with van der Waals surface area (Å²) in [6.45, 7) is 2.62. The predicted octanol–water partition coefficient (Wildman–Crippen LogP) is 2.46. The third kappa shape index (κ3) is 4.85. The van der Waals surface area contributed by atoms with Crippen molar-refractivity contribution in [2.45, 2.75) is 13.3 Å². The topological polar surface area (TPSA) is 156 Å². The zero-order chi connectivity index (χ0) is 23.9. The first kappa shape index (κ1) is 22.5. The molecule has 4 rings (SSSR count). The zero-order valence-electron chi connectivity index (χ0n) is 18.5. The van der Waals surface area contributed by atoms with E-state index >= 15 is 0 Å². The van der Waals surface area contributed by atoms with Crippen LogP contribution in [0.25, 0.3) is 17.1 Å². The third-order valence-corrected chi connectivity index (χ3v) is 4.68. The molecule has 0 aliphatic rings. The van der Waals surface area contributed by atoms with E-state index in [0.29, 0.717) is 23.6 Å². The normalized spacial score (nSPS) is 11.0. The number of nitrogens with two attached hydrogens (primary N) is 1. The van der Waals surface area contributed by atoms with Crippen LogP contribution in [0.1, 0.15) is 29.4 Å². The number of anilines is 1. The SMILES string of the molecule is CCCOc1ccc(-c2c(C(=O)NN=Cc3ccc(OC)cc3)nnn2-c2nonc2N)cc1. The molecule has 0 bridgehead atoms. The number of amides is 1. The van der Waals surface area contributed by atoms with Crippen molar-refractivity contribution in [1.29, 1.82) is 0 Å². The van der Waals surface area contributed by atoms with Crippen molar-refractivity contribution in [3.8, 4) is 28.6 Å². The van der Waals surface area contributed by atoms with Gasteiger partial charge >= 0.3 is 0 Å². The van der Waals surface area contributed by atoms with Crippen LogP contribution in [-0.4, -0.2) is 51.1 Å². The summed E-state index contributed by atoms with van der Waals surface area (Å²) in [5.41, 5.74) is 10.1. The van der Waals surface area contributed by atoms with Gasteiger partial charge in [-0.1, -0.05) is 12.1 Å². The van der Waals surface area contributed by atoms with Gasteiger partial charge in [0, 0.05) is 5.56 Å². The molecule has 0 saturated carbocycles. The van der Waals surface area contributed by atoms with Crippen LogP contribution in [0.3, 0.4) is 0 Å². The molecule has 3 N–H and O–H groups in total. The molecular weight excluding hydrogens is 440 g/mol. The van der Waals surface area contributed by atoms with Gasteiger partial charge in [-0.25, -0.2) is 10.1 Å². The quantitative estimate of drug-likeness (QED) is 0.282. The van der Waals surface area contributed by atoms with Crippen LogP contribution < -0.4 is 20.6 Å². The van der Waals surface area contributed by atoms with Gasteiger partial charge in [0.2, 0.25) is 11.6 Å². The fourth-order valence-corrected chi connectivity index (χ4v) is 3.02. The summed E-state index contributed by atoms with van der Waals surface area (Å²) < 4.78 is 16.7. The number of nitrogen functional groups attached to an aromatic ring is 1. The molecule has 0 saturated heterocycles. The number of ether oxygens (including phenoxy) is 2. The minimum atomic E-state index is -0.577. The molecule has 174 valence electrons. The molecule has 2 heterocycles. The smallest absolute Gasteiger partial charge is 0.294 e. The first-order chi connectivity index (χ1) is 16.6. The lowest BCUT2D eigenvalue weighted by Crippen LogP contribution is -2.19. The Morgan fingerprint density at radius 3 is 2.53 bits per heavy atom. The van der Waals surface area contributed by atoms with E-state index in [0.717, 1.165) is 17.7 Å². The Kier molecular flexibility index (Phi) is 6.77. The van der Waals surface area contributed by atoms with Gasteiger partial charge in [-0.3, -0.25) is 4.79 Å². The average molecular weight is 462 g/mol. The van der Waals surface area contributed by atoms with Gasteiger partial charge in [-0.15, -0.1) is 5.10 Å². The highest BCUT2D eigenvalue weighted by Crippen LogP contribution is 2.28. The van der Waals surface area contributed by atoms with Gasteiger partial charge in [-0.05, 0) is 70.8 Å². The molecule has 0 unspecified atom stereocenters. The summed E-state index contributed by atoms with van der Waals surface area (Å²) >= 11 is 0. The van der Waals surface area contributed by atoms with Crippen molar-refractivity contribution >= 4 is 17.9 Å². The summed E-state index contributed by atoms with van der Waals surface area (Å²) in [6.07, 6.45) is 2.39. The number of hydrogen-bond acceptors (Lipinski definition) is 10. The highest BCUT2D eigenvalue weighted by Gasteiger charge is 2.25. The number of nitrogens with zero attached hydrogens (tertiary/aromatic N) is 6. The van der Waals surface area contributed by atoms with Crippen molar-refractivity contribution in [3.05, 3.63) is 59.8 Å². The Bertz CT molecular complexity index is 1280. The molecule has 12 nitrogen and oxygen atoms in total. The molecule has 4 aromatic rings. The molecule has 12 heteroatoms. The van der Waals surface area contributed by atoms with Crippen LogP contribution in [0.15, 0.2) is 58.3 Å². The molecule has 2 aromatic carbocycles. The molecule has 0 aliphatic carbocycles. The number of methoxy groups -OCH3 is 1. The maximum Gasteiger partial charge on any atom is 0.294 e.